The minimum absolute atomic E-state index is 0.00277. The molecule has 8 nitrogen and oxygen atoms in total. The molecule has 0 spiro atoms. The summed E-state index contributed by atoms with van der Waals surface area (Å²) in [7, 11) is -9.11. The quantitative estimate of drug-likeness (QED) is 0.216. The highest BCUT2D eigenvalue weighted by atomic mass is 35.5. The van der Waals surface area contributed by atoms with Gasteiger partial charge in [0.25, 0.3) is 0 Å². The zero-order valence-electron chi connectivity index (χ0n) is 26.4. The Morgan fingerprint density at radius 3 is 1.91 bits per heavy atom. The molecule has 12 heteroatoms. The number of hydrogen-bond acceptors (Lipinski definition) is 6. The highest BCUT2D eigenvalue weighted by Gasteiger charge is 2.76. The Bertz CT molecular complexity index is 1390. The van der Waals surface area contributed by atoms with Crippen LogP contribution < -0.4 is 0 Å². The largest absolute Gasteiger partial charge is 0.397 e. The van der Waals surface area contributed by atoms with E-state index in [9.17, 15) is 25.9 Å². The van der Waals surface area contributed by atoms with E-state index in [1.54, 1.807) is 0 Å². The first-order valence-electron chi connectivity index (χ1n) is 16.1. The molecular weight excluding hydrogens is 635 g/mol. The second kappa shape index (κ2) is 9.70. The Morgan fingerprint density at radius 1 is 0.698 bits per heavy atom. The van der Waals surface area contributed by atoms with Gasteiger partial charge in [-0.25, -0.2) is 8.37 Å². The monoisotopic (exact) mass is 684 g/mol. The molecule has 0 radical (unpaired) electrons. The average molecular weight is 686 g/mol. The highest BCUT2D eigenvalue weighted by Crippen LogP contribution is 2.81. The molecule has 0 saturated heterocycles. The molecule has 6 rings (SSSR count). The van der Waals surface area contributed by atoms with Crippen LogP contribution in [0.25, 0.3) is 0 Å². The van der Waals surface area contributed by atoms with Crippen molar-refractivity contribution in [2.24, 2.45) is 62.1 Å². The van der Waals surface area contributed by atoms with Gasteiger partial charge in [0.05, 0.1) is 12.7 Å². The van der Waals surface area contributed by atoms with Crippen molar-refractivity contribution in [3.63, 3.8) is 0 Å². The smallest absolute Gasteiger partial charge is 0.264 e. The van der Waals surface area contributed by atoms with Crippen molar-refractivity contribution >= 4 is 44.0 Å². The van der Waals surface area contributed by atoms with Gasteiger partial charge in [-0.3, -0.25) is 9.11 Å². The Labute approximate surface area is 268 Å². The van der Waals surface area contributed by atoms with E-state index in [0.717, 1.165) is 64.2 Å². The Kier molecular flexibility index (Phi) is 7.49. The molecule has 11 atom stereocenters. The van der Waals surface area contributed by atoms with Crippen LogP contribution in [-0.4, -0.2) is 43.0 Å². The van der Waals surface area contributed by atoms with E-state index >= 15 is 0 Å². The zero-order chi connectivity index (χ0) is 31.9. The molecule has 1 unspecified atom stereocenters. The van der Waals surface area contributed by atoms with Gasteiger partial charge in [-0.15, -0.1) is 23.2 Å². The topological polar surface area (TPSA) is 127 Å². The molecule has 0 aromatic rings. The van der Waals surface area contributed by atoms with Crippen molar-refractivity contribution in [1.29, 1.82) is 0 Å². The molecule has 0 aliphatic heterocycles. The molecule has 0 amide bonds. The minimum Gasteiger partial charge on any atom is -0.264 e. The van der Waals surface area contributed by atoms with Crippen LogP contribution in [0.5, 0.6) is 0 Å². The van der Waals surface area contributed by atoms with Crippen LogP contribution in [0.15, 0.2) is 0 Å². The molecule has 0 aromatic carbocycles. The van der Waals surface area contributed by atoms with Gasteiger partial charge >= 0.3 is 20.8 Å². The molecular formula is C31H50Cl2O8S2. The lowest BCUT2D eigenvalue weighted by Gasteiger charge is -2.73. The number of rotatable bonds is 6. The van der Waals surface area contributed by atoms with Crippen LogP contribution in [0, 0.1) is 62.1 Å². The fourth-order valence-electron chi connectivity index (χ4n) is 13.0. The molecule has 0 bridgehead atoms. The van der Waals surface area contributed by atoms with E-state index in [4.69, 9.17) is 31.6 Å². The minimum atomic E-state index is -4.57. The van der Waals surface area contributed by atoms with Gasteiger partial charge in [0.15, 0.2) is 0 Å². The first-order chi connectivity index (χ1) is 19.5. The number of hydrogen-bond donors (Lipinski definition) is 2. The summed E-state index contributed by atoms with van der Waals surface area (Å²) in [6.07, 6.45) is 9.21. The van der Waals surface area contributed by atoms with Crippen molar-refractivity contribution in [3.8, 4) is 0 Å². The van der Waals surface area contributed by atoms with Gasteiger partial charge in [0, 0.05) is 5.41 Å². The lowest BCUT2D eigenvalue weighted by Crippen LogP contribution is -2.67. The van der Waals surface area contributed by atoms with E-state index < -0.39 is 36.7 Å². The molecule has 0 aromatic heterocycles. The summed E-state index contributed by atoms with van der Waals surface area (Å²) in [6.45, 7) is 13.8. The van der Waals surface area contributed by atoms with E-state index in [-0.39, 0.29) is 51.4 Å². The highest BCUT2D eigenvalue weighted by molar-refractivity contribution is 7.81. The maximum Gasteiger partial charge on any atom is 0.397 e. The zero-order valence-corrected chi connectivity index (χ0v) is 29.5. The first kappa shape index (κ1) is 33.2. The third-order valence-electron chi connectivity index (χ3n) is 15.4. The van der Waals surface area contributed by atoms with Crippen molar-refractivity contribution in [2.75, 3.05) is 6.61 Å². The fourth-order valence-corrected chi connectivity index (χ4v) is 14.9. The predicted molar refractivity (Wildman–Crippen MR) is 165 cm³/mol. The third-order valence-corrected chi connectivity index (χ3v) is 17.4. The maximum absolute atomic E-state index is 11.8. The van der Waals surface area contributed by atoms with Crippen molar-refractivity contribution in [3.05, 3.63) is 0 Å². The Morgan fingerprint density at radius 2 is 1.33 bits per heavy atom. The SMILES string of the molecule is CC1(C)[C@@H](OS(=O)(=O)O)CC[C@]2(C)[C@H]3CC[C@@H]4[C@H]5[C@H](C6(C)CC6(Cl)Cl)CC[C@]5(COS(=O)(=O)O)CC[C@@]4(C)[C@]3(C)CC[C@@H]12. The van der Waals surface area contributed by atoms with Gasteiger partial charge in [-0.2, -0.15) is 16.8 Å². The summed E-state index contributed by atoms with van der Waals surface area (Å²) < 4.78 is 75.8. The van der Waals surface area contributed by atoms with Crippen LogP contribution in [0.3, 0.4) is 0 Å². The third kappa shape index (κ3) is 4.75. The molecule has 248 valence electrons. The van der Waals surface area contributed by atoms with Gasteiger partial charge in [-0.05, 0) is 127 Å². The van der Waals surface area contributed by atoms with Gasteiger partial charge < -0.3 is 0 Å². The van der Waals surface area contributed by atoms with E-state index in [2.05, 4.69) is 41.5 Å². The molecule has 2 N–H and O–H groups in total. The number of fused-ring (bicyclic) bond motifs is 7. The molecule has 6 aliphatic carbocycles. The fraction of sp³-hybridized carbons (Fsp3) is 1.00. The normalized spacial score (nSPS) is 52.0. The average Bonchev–Trinajstić information content (AvgIpc) is 3.17. The van der Waals surface area contributed by atoms with E-state index in [1.165, 1.54) is 0 Å². The van der Waals surface area contributed by atoms with Gasteiger partial charge in [-0.1, -0.05) is 41.5 Å². The summed E-state index contributed by atoms with van der Waals surface area (Å²) in [6, 6.07) is 0. The second-order valence-electron chi connectivity index (χ2n) is 17.1. The van der Waals surface area contributed by atoms with Crippen molar-refractivity contribution in [1.82, 2.24) is 0 Å². The molecule has 6 fully saturated rings. The molecule has 0 heterocycles. The van der Waals surface area contributed by atoms with Gasteiger partial charge in [0.2, 0.25) is 0 Å². The van der Waals surface area contributed by atoms with Crippen LogP contribution >= 0.6 is 23.2 Å². The predicted octanol–water partition coefficient (Wildman–Crippen LogP) is 7.66. The van der Waals surface area contributed by atoms with Crippen LogP contribution in [0.4, 0.5) is 0 Å². The molecule has 6 saturated carbocycles. The van der Waals surface area contributed by atoms with Crippen LogP contribution in [-0.2, 0) is 29.2 Å². The lowest BCUT2D eigenvalue weighted by molar-refractivity contribution is -0.249. The summed E-state index contributed by atoms with van der Waals surface area (Å²) in [5.41, 5.74) is -0.992. The Hall–Kier alpha value is 0.320. The molecule has 43 heavy (non-hydrogen) atoms. The lowest BCUT2D eigenvalue weighted by atomic mass is 9.32. The number of halogens is 2. The van der Waals surface area contributed by atoms with E-state index in [1.807, 2.05) is 0 Å². The number of alkyl halides is 2. The summed E-state index contributed by atoms with van der Waals surface area (Å²) >= 11 is 13.6. The van der Waals surface area contributed by atoms with E-state index in [0.29, 0.717) is 18.3 Å². The second-order valence-corrected chi connectivity index (χ2v) is 20.7. The maximum atomic E-state index is 11.8. The molecule has 6 aliphatic rings. The summed E-state index contributed by atoms with van der Waals surface area (Å²) in [5, 5.41) is 0. The standard InChI is InChI=1S/C31H50Cl2O8S2/c1-25(2)21-10-13-28(5)22(26(21,3)12-11-23(25)41-43(37,38)39)8-7-19-24-20(29(6)17-31(29,32)33)9-14-30(24,16-15-27(19,28)4)18-40-42(34,35)36/h19-24H,7-18H2,1-6H3,(H,34,35,36)(H,37,38,39)/t19-,20-,21+,22-,23+,24+,26+,27-,28-,29?,30-/m1/s1. The van der Waals surface area contributed by atoms with Crippen molar-refractivity contribution < 1.29 is 34.3 Å². The summed E-state index contributed by atoms with van der Waals surface area (Å²) in [4.78, 5) is 0. The van der Waals surface area contributed by atoms with Gasteiger partial charge in [0.1, 0.15) is 4.33 Å². The van der Waals surface area contributed by atoms with Crippen molar-refractivity contribution in [2.45, 2.75) is 123 Å². The summed E-state index contributed by atoms with van der Waals surface area (Å²) in [5.74, 6) is 1.47. The van der Waals surface area contributed by atoms with Crippen LogP contribution in [0.2, 0.25) is 0 Å². The first-order valence-corrected chi connectivity index (χ1v) is 19.6. The van der Waals surface area contributed by atoms with Crippen LogP contribution in [0.1, 0.15) is 112 Å². The Balaban J connectivity index is 1.36.